The van der Waals surface area contributed by atoms with Gasteiger partial charge in [-0.15, -0.1) is 10.2 Å². The molecule has 1 fully saturated rings. The van der Waals surface area contributed by atoms with Crippen LogP contribution in [0.25, 0.3) is 11.1 Å². The van der Waals surface area contributed by atoms with Crippen molar-refractivity contribution in [3.63, 3.8) is 0 Å². The fourth-order valence-electron chi connectivity index (χ4n) is 4.02. The summed E-state index contributed by atoms with van der Waals surface area (Å²) >= 11 is 0. The number of nitrogens with one attached hydrogen (secondary N) is 1. The fourth-order valence-corrected chi connectivity index (χ4v) is 4.46. The third-order valence-electron chi connectivity index (χ3n) is 5.78. The van der Waals surface area contributed by atoms with Gasteiger partial charge in [-0.3, -0.25) is 14.6 Å². The number of rotatable bonds is 7. The highest BCUT2D eigenvalue weighted by atomic mass is 32.2. The van der Waals surface area contributed by atoms with Crippen molar-refractivity contribution in [3.8, 4) is 16.9 Å². The van der Waals surface area contributed by atoms with Gasteiger partial charge in [0, 0.05) is 44.4 Å². The lowest BCUT2D eigenvalue weighted by Crippen LogP contribution is -2.49. The largest absolute Gasteiger partial charge is 0.506 e. The quantitative estimate of drug-likeness (QED) is 0.479. The molecular weight excluding hydrogens is 484 g/mol. The average Bonchev–Trinajstić information content (AvgIpc) is 2.86. The van der Waals surface area contributed by atoms with Crippen LogP contribution in [0.1, 0.15) is 22.5 Å². The molecule has 0 radical (unpaired) electrons. The third kappa shape index (κ3) is 6.33. The Morgan fingerprint density at radius 3 is 2.44 bits per heavy atom. The van der Waals surface area contributed by atoms with Crippen molar-refractivity contribution < 1.29 is 23.1 Å². The molecule has 11 nitrogen and oxygen atoms in total. The Bertz CT molecular complexity index is 1360. The first-order valence-corrected chi connectivity index (χ1v) is 13.2. The van der Waals surface area contributed by atoms with Gasteiger partial charge in [-0.05, 0) is 35.7 Å². The molecule has 12 heteroatoms. The number of benzene rings is 1. The maximum Gasteiger partial charge on any atom is 0.285 e. The van der Waals surface area contributed by atoms with E-state index in [1.165, 1.54) is 12.3 Å². The smallest absolute Gasteiger partial charge is 0.285 e. The highest BCUT2D eigenvalue weighted by molar-refractivity contribution is 7.89. The third-order valence-corrected chi connectivity index (χ3v) is 6.33. The van der Waals surface area contributed by atoms with Gasteiger partial charge >= 0.3 is 0 Å². The molecule has 3 aromatic rings. The van der Waals surface area contributed by atoms with Gasteiger partial charge in [0.15, 0.2) is 11.5 Å². The number of sulfonamides is 1. The Kier molecular flexibility index (Phi) is 7.44. The second-order valence-corrected chi connectivity index (χ2v) is 10.2. The standard InChI is InChI=1S/C24H26N6O5S/c1-36(34,35)28-24(33)21-7-8-22(27-26-21)29-10-12-30(13-11-29)23(32)9-6-17-4-2-3-5-20(17)18-14-19(31)16-25-15-18/h2-5,7-8,14-16,31H,6,9-13H2,1H3,(H,28,33). The van der Waals surface area contributed by atoms with Crippen LogP contribution in [0.3, 0.4) is 0 Å². The normalized spacial score (nSPS) is 13.9. The number of aromatic hydroxyl groups is 1. The molecule has 2 N–H and O–H groups in total. The van der Waals surface area contributed by atoms with Gasteiger partial charge in [-0.25, -0.2) is 13.1 Å². The summed E-state index contributed by atoms with van der Waals surface area (Å²) in [4.78, 5) is 32.6. The molecule has 0 bridgehead atoms. The Labute approximate surface area is 208 Å². The van der Waals surface area contributed by atoms with Crippen molar-refractivity contribution in [2.45, 2.75) is 12.8 Å². The minimum Gasteiger partial charge on any atom is -0.506 e. The van der Waals surface area contributed by atoms with E-state index in [1.807, 2.05) is 38.8 Å². The van der Waals surface area contributed by atoms with Gasteiger partial charge < -0.3 is 14.9 Å². The molecule has 0 aliphatic carbocycles. The maximum atomic E-state index is 12.9. The monoisotopic (exact) mass is 510 g/mol. The van der Waals surface area contributed by atoms with Crippen molar-refractivity contribution in [1.82, 2.24) is 24.8 Å². The maximum absolute atomic E-state index is 12.9. The number of piperazine rings is 1. The van der Waals surface area contributed by atoms with Crippen LogP contribution in [0.4, 0.5) is 5.82 Å². The van der Waals surface area contributed by atoms with E-state index in [9.17, 15) is 23.1 Å². The van der Waals surface area contributed by atoms with Crippen LogP contribution in [0.5, 0.6) is 5.75 Å². The number of carbonyl (C=O) groups is 2. The number of hydrogen-bond acceptors (Lipinski definition) is 9. The second kappa shape index (κ2) is 10.7. The summed E-state index contributed by atoms with van der Waals surface area (Å²) in [6, 6.07) is 12.4. The van der Waals surface area contributed by atoms with E-state index in [-0.39, 0.29) is 17.4 Å². The van der Waals surface area contributed by atoms with Gasteiger partial charge in [-0.2, -0.15) is 0 Å². The Morgan fingerprint density at radius 2 is 1.78 bits per heavy atom. The number of anilines is 1. The molecule has 36 heavy (non-hydrogen) atoms. The van der Waals surface area contributed by atoms with Crippen LogP contribution in [0.15, 0.2) is 54.9 Å². The summed E-state index contributed by atoms with van der Waals surface area (Å²) in [5, 5.41) is 17.6. The van der Waals surface area contributed by atoms with Crippen molar-refractivity contribution in [3.05, 3.63) is 66.1 Å². The Hall–Kier alpha value is -4.06. The minimum atomic E-state index is -3.69. The molecule has 2 amide bonds. The zero-order valence-corrected chi connectivity index (χ0v) is 20.5. The number of aromatic nitrogens is 3. The van der Waals surface area contributed by atoms with Crippen molar-refractivity contribution in [1.29, 1.82) is 0 Å². The van der Waals surface area contributed by atoms with Gasteiger partial charge in [0.1, 0.15) is 5.75 Å². The molecule has 0 unspecified atom stereocenters. The summed E-state index contributed by atoms with van der Waals surface area (Å²) in [6.45, 7) is 2.16. The van der Waals surface area contributed by atoms with Crippen LogP contribution in [-0.4, -0.2) is 77.9 Å². The number of hydrogen-bond donors (Lipinski definition) is 2. The van der Waals surface area contributed by atoms with E-state index >= 15 is 0 Å². The number of carbonyl (C=O) groups excluding carboxylic acids is 2. The summed E-state index contributed by atoms with van der Waals surface area (Å²) in [7, 11) is -3.69. The minimum absolute atomic E-state index is 0.0531. The first kappa shape index (κ1) is 25.0. The first-order valence-electron chi connectivity index (χ1n) is 11.3. The molecule has 1 aliphatic rings. The van der Waals surface area contributed by atoms with Crippen LogP contribution in [0.2, 0.25) is 0 Å². The van der Waals surface area contributed by atoms with Gasteiger partial charge in [0.05, 0.1) is 12.5 Å². The van der Waals surface area contributed by atoms with Gasteiger partial charge in [-0.1, -0.05) is 24.3 Å². The van der Waals surface area contributed by atoms with E-state index in [4.69, 9.17) is 0 Å². The molecule has 0 spiro atoms. The zero-order chi connectivity index (χ0) is 25.7. The molecule has 0 atom stereocenters. The van der Waals surface area contributed by atoms with Gasteiger partial charge in [0.2, 0.25) is 15.9 Å². The van der Waals surface area contributed by atoms with E-state index in [2.05, 4.69) is 15.2 Å². The zero-order valence-electron chi connectivity index (χ0n) is 19.7. The fraction of sp³-hybridized carbons (Fsp3) is 0.292. The highest BCUT2D eigenvalue weighted by Gasteiger charge is 2.23. The molecule has 2 aromatic heterocycles. The van der Waals surface area contributed by atoms with E-state index in [0.29, 0.717) is 44.8 Å². The molecule has 1 saturated heterocycles. The lowest BCUT2D eigenvalue weighted by Gasteiger charge is -2.35. The molecule has 188 valence electrons. The molecule has 1 aromatic carbocycles. The average molecular weight is 511 g/mol. The van der Waals surface area contributed by atoms with E-state index in [0.717, 1.165) is 22.9 Å². The number of amides is 2. The van der Waals surface area contributed by atoms with Crippen molar-refractivity contribution in [2.24, 2.45) is 0 Å². The number of pyridine rings is 1. The van der Waals surface area contributed by atoms with Crippen molar-refractivity contribution in [2.75, 3.05) is 37.3 Å². The number of aryl methyl sites for hydroxylation is 1. The molecule has 4 rings (SSSR count). The van der Waals surface area contributed by atoms with Crippen LogP contribution < -0.4 is 9.62 Å². The second-order valence-electron chi connectivity index (χ2n) is 8.44. The lowest BCUT2D eigenvalue weighted by molar-refractivity contribution is -0.131. The van der Waals surface area contributed by atoms with Crippen LogP contribution >= 0.6 is 0 Å². The van der Waals surface area contributed by atoms with E-state index < -0.39 is 15.9 Å². The summed E-state index contributed by atoms with van der Waals surface area (Å²) in [6.07, 6.45) is 4.87. The predicted molar refractivity (Wildman–Crippen MR) is 133 cm³/mol. The highest BCUT2D eigenvalue weighted by Crippen LogP contribution is 2.26. The summed E-state index contributed by atoms with van der Waals surface area (Å²) < 4.78 is 24.3. The summed E-state index contributed by atoms with van der Waals surface area (Å²) in [5.41, 5.74) is 2.64. The van der Waals surface area contributed by atoms with Crippen LogP contribution in [0, 0.1) is 0 Å². The molecule has 3 heterocycles. The Morgan fingerprint density at radius 1 is 1.03 bits per heavy atom. The molecule has 1 aliphatic heterocycles. The molecular formula is C24H26N6O5S. The lowest BCUT2D eigenvalue weighted by atomic mass is 9.97. The molecule has 0 saturated carbocycles. The Balaban J connectivity index is 1.31. The van der Waals surface area contributed by atoms with Gasteiger partial charge in [0.25, 0.3) is 5.91 Å². The van der Waals surface area contributed by atoms with Crippen LogP contribution in [-0.2, 0) is 21.2 Å². The van der Waals surface area contributed by atoms with Crippen molar-refractivity contribution >= 4 is 27.7 Å². The summed E-state index contributed by atoms with van der Waals surface area (Å²) in [5.74, 6) is -0.148. The SMILES string of the molecule is CS(=O)(=O)NC(=O)c1ccc(N2CCN(C(=O)CCc3ccccc3-c3cncc(O)c3)CC2)nn1. The predicted octanol–water partition coefficient (Wildman–Crippen LogP) is 1.21. The topological polar surface area (TPSA) is 146 Å². The van der Waals surface area contributed by atoms with E-state index in [1.54, 1.807) is 18.3 Å². The number of nitrogens with zero attached hydrogens (tertiary/aromatic N) is 5. The first-order chi connectivity index (χ1) is 17.2.